The Bertz CT molecular complexity index is 837. The summed E-state index contributed by atoms with van der Waals surface area (Å²) in [5.41, 5.74) is 0.480. The van der Waals surface area contributed by atoms with Crippen molar-refractivity contribution in [2.45, 2.75) is 4.90 Å². The molecule has 0 saturated carbocycles. The van der Waals surface area contributed by atoms with E-state index in [2.05, 4.69) is 5.32 Å². The van der Waals surface area contributed by atoms with Crippen molar-refractivity contribution in [2.75, 3.05) is 5.32 Å². The third kappa shape index (κ3) is 3.80. The number of hydrogen-bond acceptors (Lipinski definition) is 4. The van der Waals surface area contributed by atoms with Crippen molar-refractivity contribution in [3.8, 4) is 6.07 Å². The number of nitrogens with zero attached hydrogens (tertiary/aromatic N) is 1. The van der Waals surface area contributed by atoms with Gasteiger partial charge in [0, 0.05) is 21.9 Å². The third-order valence-corrected chi connectivity index (χ3v) is 4.80. The Morgan fingerprint density at radius 1 is 1.09 bits per heavy atom. The monoisotopic (exact) mass is 352 g/mol. The summed E-state index contributed by atoms with van der Waals surface area (Å²) in [5, 5.41) is 12.6. The number of sulfone groups is 1. The Hall–Kier alpha value is -2.00. The van der Waals surface area contributed by atoms with Crippen LogP contribution in [0.5, 0.6) is 0 Å². The van der Waals surface area contributed by atoms with E-state index in [1.165, 1.54) is 12.1 Å². The van der Waals surface area contributed by atoms with Gasteiger partial charge in [0.2, 0.25) is 9.84 Å². The van der Waals surface area contributed by atoms with Gasteiger partial charge < -0.3 is 5.32 Å². The highest BCUT2D eigenvalue weighted by Crippen LogP contribution is 2.23. The van der Waals surface area contributed by atoms with Crippen LogP contribution in [0.1, 0.15) is 0 Å². The molecule has 0 atom stereocenters. The first-order chi connectivity index (χ1) is 10.4. The number of anilines is 1. The van der Waals surface area contributed by atoms with Crippen LogP contribution in [-0.2, 0) is 9.84 Å². The predicted octanol–water partition coefficient (Wildman–Crippen LogP) is 4.24. The number of nitrogens with one attached hydrogen (secondary N) is 1. The van der Waals surface area contributed by atoms with Gasteiger partial charge in [-0.2, -0.15) is 5.26 Å². The Morgan fingerprint density at radius 2 is 1.68 bits per heavy atom. The van der Waals surface area contributed by atoms with Crippen molar-refractivity contribution in [2.24, 2.45) is 0 Å². The van der Waals surface area contributed by atoms with Gasteiger partial charge in [-0.15, -0.1) is 0 Å². The molecule has 0 unspecified atom stereocenters. The number of allylic oxidation sites excluding steroid dienone is 1. The summed E-state index contributed by atoms with van der Waals surface area (Å²) in [6, 6.07) is 14.1. The fourth-order valence-electron chi connectivity index (χ4n) is 1.68. The Morgan fingerprint density at radius 3 is 2.23 bits per heavy atom. The van der Waals surface area contributed by atoms with E-state index in [4.69, 9.17) is 28.5 Å². The zero-order valence-electron chi connectivity index (χ0n) is 11.1. The number of hydrogen-bond donors (Lipinski definition) is 1. The third-order valence-electron chi connectivity index (χ3n) is 2.69. The topological polar surface area (TPSA) is 70.0 Å². The molecule has 1 N–H and O–H groups in total. The largest absolute Gasteiger partial charge is 0.360 e. The molecule has 0 amide bonds. The standard InChI is InChI=1S/C15H10Cl2N2O2S/c16-11-6-12(17)8-13(7-11)19-10-15(9-18)22(20,21)14-4-2-1-3-5-14/h1-8,10,19H. The molecular weight excluding hydrogens is 343 g/mol. The maximum absolute atomic E-state index is 12.3. The Balaban J connectivity index is 2.34. The zero-order chi connectivity index (χ0) is 16.2. The molecule has 0 aliphatic carbocycles. The summed E-state index contributed by atoms with van der Waals surface area (Å²) in [6.07, 6.45) is 1.12. The molecule has 0 radical (unpaired) electrons. The van der Waals surface area contributed by atoms with Gasteiger partial charge in [-0.25, -0.2) is 8.42 Å². The average Bonchev–Trinajstić information content (AvgIpc) is 2.47. The molecule has 2 aromatic carbocycles. The molecular formula is C15H10Cl2N2O2S. The molecule has 0 aliphatic rings. The SMILES string of the molecule is N#CC(=CNc1cc(Cl)cc(Cl)c1)S(=O)(=O)c1ccccc1. The van der Waals surface area contributed by atoms with Crippen molar-refractivity contribution in [1.29, 1.82) is 5.26 Å². The van der Waals surface area contributed by atoms with Gasteiger partial charge in [-0.3, -0.25) is 0 Å². The van der Waals surface area contributed by atoms with Gasteiger partial charge in [0.15, 0.2) is 4.91 Å². The van der Waals surface area contributed by atoms with Gasteiger partial charge in [0.25, 0.3) is 0 Å². The van der Waals surface area contributed by atoms with Crippen molar-refractivity contribution in [1.82, 2.24) is 0 Å². The number of benzene rings is 2. The second-order valence-electron chi connectivity index (χ2n) is 4.24. The van der Waals surface area contributed by atoms with E-state index < -0.39 is 14.7 Å². The van der Waals surface area contributed by atoms with Gasteiger partial charge in [-0.1, -0.05) is 41.4 Å². The fourth-order valence-corrected chi connectivity index (χ4v) is 3.31. The molecule has 112 valence electrons. The van der Waals surface area contributed by atoms with Crippen LogP contribution >= 0.6 is 23.2 Å². The highest BCUT2D eigenvalue weighted by Gasteiger charge is 2.20. The lowest BCUT2D eigenvalue weighted by atomic mass is 10.3. The lowest BCUT2D eigenvalue weighted by molar-refractivity contribution is 0.603. The number of rotatable bonds is 4. The fraction of sp³-hybridized carbons (Fsp3) is 0. The second kappa shape index (κ2) is 6.84. The van der Waals surface area contributed by atoms with E-state index in [1.807, 2.05) is 0 Å². The Kier molecular flexibility index (Phi) is 5.09. The molecule has 0 fully saturated rings. The average molecular weight is 353 g/mol. The minimum atomic E-state index is -3.87. The van der Waals surface area contributed by atoms with E-state index in [0.717, 1.165) is 6.20 Å². The normalized spacial score (nSPS) is 11.8. The molecule has 0 aromatic heterocycles. The van der Waals surface area contributed by atoms with E-state index in [9.17, 15) is 8.42 Å². The summed E-state index contributed by atoms with van der Waals surface area (Å²) in [5.74, 6) is 0. The first kappa shape index (κ1) is 16.4. The van der Waals surface area contributed by atoms with E-state index in [0.29, 0.717) is 15.7 Å². The summed E-state index contributed by atoms with van der Waals surface area (Å²) in [6.45, 7) is 0. The smallest absolute Gasteiger partial charge is 0.218 e. The van der Waals surface area contributed by atoms with E-state index in [1.54, 1.807) is 42.5 Å². The predicted molar refractivity (Wildman–Crippen MR) is 87.4 cm³/mol. The molecule has 2 aromatic rings. The number of halogens is 2. The lowest BCUT2D eigenvalue weighted by Crippen LogP contribution is -2.05. The highest BCUT2D eigenvalue weighted by atomic mass is 35.5. The summed E-state index contributed by atoms with van der Waals surface area (Å²) >= 11 is 11.7. The van der Waals surface area contributed by atoms with E-state index in [-0.39, 0.29) is 4.90 Å². The molecule has 0 heterocycles. The van der Waals surface area contributed by atoms with Gasteiger partial charge >= 0.3 is 0 Å². The minimum Gasteiger partial charge on any atom is -0.360 e. The van der Waals surface area contributed by atoms with Crippen LogP contribution < -0.4 is 5.32 Å². The highest BCUT2D eigenvalue weighted by molar-refractivity contribution is 7.95. The molecule has 2 rings (SSSR count). The summed E-state index contributed by atoms with van der Waals surface area (Å²) in [4.78, 5) is -0.358. The van der Waals surface area contributed by atoms with Crippen molar-refractivity contribution < 1.29 is 8.42 Å². The first-order valence-electron chi connectivity index (χ1n) is 6.06. The molecule has 0 aliphatic heterocycles. The quantitative estimate of drug-likeness (QED) is 0.835. The van der Waals surface area contributed by atoms with Gasteiger partial charge in [-0.05, 0) is 30.3 Å². The summed E-state index contributed by atoms with van der Waals surface area (Å²) in [7, 11) is -3.87. The lowest BCUT2D eigenvalue weighted by Gasteiger charge is -2.05. The molecule has 0 spiro atoms. The van der Waals surface area contributed by atoms with Crippen LogP contribution in [0.3, 0.4) is 0 Å². The van der Waals surface area contributed by atoms with Crippen LogP contribution in [0.2, 0.25) is 10.0 Å². The van der Waals surface area contributed by atoms with Crippen molar-refractivity contribution in [3.63, 3.8) is 0 Å². The van der Waals surface area contributed by atoms with Crippen LogP contribution in [0.25, 0.3) is 0 Å². The van der Waals surface area contributed by atoms with Gasteiger partial charge in [0.1, 0.15) is 6.07 Å². The molecule has 22 heavy (non-hydrogen) atoms. The van der Waals surface area contributed by atoms with Crippen LogP contribution in [-0.4, -0.2) is 8.42 Å². The van der Waals surface area contributed by atoms with Crippen molar-refractivity contribution in [3.05, 3.63) is 69.7 Å². The van der Waals surface area contributed by atoms with Gasteiger partial charge in [0.05, 0.1) is 4.90 Å². The molecule has 7 heteroatoms. The maximum Gasteiger partial charge on any atom is 0.218 e. The molecule has 0 bridgehead atoms. The first-order valence-corrected chi connectivity index (χ1v) is 8.30. The summed E-state index contributed by atoms with van der Waals surface area (Å²) < 4.78 is 24.7. The minimum absolute atomic E-state index is 0.0497. The second-order valence-corrected chi connectivity index (χ2v) is 7.03. The van der Waals surface area contributed by atoms with Crippen LogP contribution in [0.15, 0.2) is 64.5 Å². The van der Waals surface area contributed by atoms with E-state index >= 15 is 0 Å². The maximum atomic E-state index is 12.3. The number of nitriles is 1. The van der Waals surface area contributed by atoms with Crippen LogP contribution in [0, 0.1) is 11.3 Å². The van der Waals surface area contributed by atoms with Crippen LogP contribution in [0.4, 0.5) is 5.69 Å². The Labute approximate surface area is 138 Å². The zero-order valence-corrected chi connectivity index (χ0v) is 13.5. The molecule has 4 nitrogen and oxygen atoms in total. The molecule has 0 saturated heterocycles. The van der Waals surface area contributed by atoms with Crippen molar-refractivity contribution >= 4 is 38.7 Å².